The molecular formula is C19H19N5O. The van der Waals surface area contributed by atoms with Gasteiger partial charge in [0.05, 0.1) is 0 Å². The first-order valence-electron chi connectivity index (χ1n) is 8.33. The Labute approximate surface area is 146 Å². The van der Waals surface area contributed by atoms with Crippen LogP contribution < -0.4 is 15.8 Å². The lowest BCUT2D eigenvalue weighted by Gasteiger charge is -2.09. The van der Waals surface area contributed by atoms with Gasteiger partial charge in [0.25, 0.3) is 0 Å². The maximum atomic E-state index is 5.84. The Morgan fingerprint density at radius 3 is 2.68 bits per heavy atom. The van der Waals surface area contributed by atoms with E-state index in [9.17, 15) is 0 Å². The van der Waals surface area contributed by atoms with Gasteiger partial charge < -0.3 is 15.8 Å². The van der Waals surface area contributed by atoms with Crippen LogP contribution >= 0.6 is 0 Å². The monoisotopic (exact) mass is 333 g/mol. The highest BCUT2D eigenvalue weighted by Gasteiger charge is 2.12. The summed E-state index contributed by atoms with van der Waals surface area (Å²) in [5, 5.41) is 3.12. The Balaban J connectivity index is 1.47. The molecule has 0 atom stereocenters. The van der Waals surface area contributed by atoms with Crippen molar-refractivity contribution in [3.8, 4) is 5.75 Å². The van der Waals surface area contributed by atoms with Crippen molar-refractivity contribution < 1.29 is 4.74 Å². The van der Waals surface area contributed by atoms with Crippen molar-refractivity contribution in [3.05, 3.63) is 65.5 Å². The predicted molar refractivity (Wildman–Crippen MR) is 96.8 cm³/mol. The number of hydrogen-bond donors (Lipinski definition) is 2. The number of aromatic nitrogens is 3. The van der Waals surface area contributed by atoms with Crippen molar-refractivity contribution in [1.29, 1.82) is 0 Å². The summed E-state index contributed by atoms with van der Waals surface area (Å²) in [6, 6.07) is 15.9. The maximum absolute atomic E-state index is 5.84. The van der Waals surface area contributed by atoms with Crippen LogP contribution in [0.2, 0.25) is 0 Å². The van der Waals surface area contributed by atoms with Crippen LogP contribution in [-0.2, 0) is 19.4 Å². The van der Waals surface area contributed by atoms with Gasteiger partial charge >= 0.3 is 0 Å². The number of aryl methyl sites for hydroxylation is 2. The van der Waals surface area contributed by atoms with E-state index in [1.165, 1.54) is 17.5 Å². The number of anilines is 3. The molecule has 6 nitrogen and oxygen atoms in total. The highest BCUT2D eigenvalue weighted by Crippen LogP contribution is 2.26. The van der Waals surface area contributed by atoms with Crippen LogP contribution in [0.1, 0.15) is 23.4 Å². The lowest BCUT2D eigenvalue weighted by Crippen LogP contribution is -2.09. The maximum Gasteiger partial charge on any atom is 0.232 e. The number of nitrogen functional groups attached to an aromatic ring is 1. The van der Waals surface area contributed by atoms with Gasteiger partial charge in [0.15, 0.2) is 5.82 Å². The summed E-state index contributed by atoms with van der Waals surface area (Å²) in [6.07, 6.45) is 3.50. The molecule has 25 heavy (non-hydrogen) atoms. The SMILES string of the molecule is Nc1nc(COc2ccc3c(c2)CCC3)nc(Nc2ccccc2)n1. The largest absolute Gasteiger partial charge is 0.486 e. The lowest BCUT2D eigenvalue weighted by atomic mass is 10.1. The number of ether oxygens (including phenoxy) is 1. The first-order chi connectivity index (χ1) is 12.3. The molecule has 0 aliphatic heterocycles. The highest BCUT2D eigenvalue weighted by molar-refractivity contribution is 5.53. The van der Waals surface area contributed by atoms with Gasteiger partial charge in [0, 0.05) is 5.69 Å². The molecule has 3 N–H and O–H groups in total. The van der Waals surface area contributed by atoms with Gasteiger partial charge in [-0.25, -0.2) is 0 Å². The Morgan fingerprint density at radius 1 is 0.960 bits per heavy atom. The van der Waals surface area contributed by atoms with Crippen molar-refractivity contribution in [2.24, 2.45) is 0 Å². The molecule has 0 radical (unpaired) electrons. The molecule has 4 rings (SSSR count). The van der Waals surface area contributed by atoms with Gasteiger partial charge in [-0.05, 0) is 54.7 Å². The third-order valence-electron chi connectivity index (χ3n) is 4.17. The van der Waals surface area contributed by atoms with Crippen LogP contribution in [0.3, 0.4) is 0 Å². The van der Waals surface area contributed by atoms with Crippen LogP contribution in [0.25, 0.3) is 0 Å². The van der Waals surface area contributed by atoms with E-state index in [0.29, 0.717) is 11.8 Å². The minimum atomic E-state index is 0.168. The lowest BCUT2D eigenvalue weighted by molar-refractivity contribution is 0.295. The number of rotatable bonds is 5. The van der Waals surface area contributed by atoms with Crippen molar-refractivity contribution in [3.63, 3.8) is 0 Å². The van der Waals surface area contributed by atoms with Gasteiger partial charge in [-0.1, -0.05) is 24.3 Å². The van der Waals surface area contributed by atoms with Gasteiger partial charge in [-0.15, -0.1) is 0 Å². The quantitative estimate of drug-likeness (QED) is 0.745. The molecule has 3 aromatic rings. The minimum Gasteiger partial charge on any atom is -0.486 e. The summed E-state index contributed by atoms with van der Waals surface area (Å²) in [7, 11) is 0. The fourth-order valence-electron chi connectivity index (χ4n) is 2.99. The molecule has 0 bridgehead atoms. The topological polar surface area (TPSA) is 86.0 Å². The molecule has 1 aliphatic rings. The zero-order valence-corrected chi connectivity index (χ0v) is 13.8. The van der Waals surface area contributed by atoms with Crippen LogP contribution in [0, 0.1) is 0 Å². The molecule has 126 valence electrons. The number of benzene rings is 2. The molecule has 0 spiro atoms. The summed E-state index contributed by atoms with van der Waals surface area (Å²) in [5.41, 5.74) is 9.48. The number of hydrogen-bond acceptors (Lipinski definition) is 6. The molecule has 0 fully saturated rings. The van der Waals surface area contributed by atoms with E-state index in [2.05, 4.69) is 32.4 Å². The number of nitrogens with one attached hydrogen (secondary N) is 1. The number of nitrogens with two attached hydrogens (primary N) is 1. The van der Waals surface area contributed by atoms with E-state index in [0.717, 1.165) is 24.3 Å². The smallest absolute Gasteiger partial charge is 0.232 e. The van der Waals surface area contributed by atoms with E-state index < -0.39 is 0 Å². The fraction of sp³-hybridized carbons (Fsp3) is 0.211. The van der Waals surface area contributed by atoms with Gasteiger partial charge in [0.2, 0.25) is 11.9 Å². The number of nitrogens with zero attached hydrogens (tertiary/aromatic N) is 3. The first-order valence-corrected chi connectivity index (χ1v) is 8.33. The summed E-state index contributed by atoms with van der Waals surface area (Å²) in [5.74, 6) is 1.90. The summed E-state index contributed by atoms with van der Waals surface area (Å²) in [4.78, 5) is 12.7. The normalized spacial score (nSPS) is 12.6. The second-order valence-corrected chi connectivity index (χ2v) is 6.00. The van der Waals surface area contributed by atoms with Crippen molar-refractivity contribution in [1.82, 2.24) is 15.0 Å². The van der Waals surface area contributed by atoms with E-state index in [1.54, 1.807) is 0 Å². The Kier molecular flexibility index (Phi) is 4.16. The molecule has 0 unspecified atom stereocenters. The van der Waals surface area contributed by atoms with Gasteiger partial charge in [-0.3, -0.25) is 0 Å². The van der Waals surface area contributed by atoms with E-state index in [-0.39, 0.29) is 12.6 Å². The van der Waals surface area contributed by atoms with Crippen LogP contribution in [0.15, 0.2) is 48.5 Å². The van der Waals surface area contributed by atoms with E-state index in [1.807, 2.05) is 36.4 Å². The van der Waals surface area contributed by atoms with Crippen LogP contribution in [-0.4, -0.2) is 15.0 Å². The average Bonchev–Trinajstić information content (AvgIpc) is 3.08. The van der Waals surface area contributed by atoms with Crippen molar-refractivity contribution in [2.75, 3.05) is 11.1 Å². The molecule has 0 saturated carbocycles. The molecule has 1 heterocycles. The van der Waals surface area contributed by atoms with E-state index >= 15 is 0 Å². The Bertz CT molecular complexity index is 882. The van der Waals surface area contributed by atoms with Crippen LogP contribution in [0.5, 0.6) is 5.75 Å². The van der Waals surface area contributed by atoms with E-state index in [4.69, 9.17) is 10.5 Å². The summed E-state index contributed by atoms with van der Waals surface area (Å²) < 4.78 is 5.84. The fourth-order valence-corrected chi connectivity index (χ4v) is 2.99. The molecule has 0 amide bonds. The zero-order chi connectivity index (χ0) is 17.1. The third-order valence-corrected chi connectivity index (χ3v) is 4.17. The average molecular weight is 333 g/mol. The second-order valence-electron chi connectivity index (χ2n) is 6.00. The summed E-state index contributed by atoms with van der Waals surface area (Å²) >= 11 is 0. The molecular weight excluding hydrogens is 314 g/mol. The summed E-state index contributed by atoms with van der Waals surface area (Å²) in [6.45, 7) is 0.245. The molecule has 2 aromatic carbocycles. The molecule has 6 heteroatoms. The molecule has 1 aliphatic carbocycles. The third kappa shape index (κ3) is 3.68. The van der Waals surface area contributed by atoms with Crippen molar-refractivity contribution >= 4 is 17.6 Å². The van der Waals surface area contributed by atoms with Gasteiger partial charge in [0.1, 0.15) is 12.4 Å². The number of para-hydroxylation sites is 1. The predicted octanol–water partition coefficient (Wildman–Crippen LogP) is 3.27. The van der Waals surface area contributed by atoms with Gasteiger partial charge in [-0.2, -0.15) is 15.0 Å². The Morgan fingerprint density at radius 2 is 1.80 bits per heavy atom. The van der Waals surface area contributed by atoms with Crippen LogP contribution in [0.4, 0.5) is 17.6 Å². The molecule has 1 aromatic heterocycles. The minimum absolute atomic E-state index is 0.168. The molecule has 0 saturated heterocycles. The first kappa shape index (κ1) is 15.4. The zero-order valence-electron chi connectivity index (χ0n) is 13.8. The standard InChI is InChI=1S/C19H19N5O/c20-18-22-17(23-19(24-18)21-15-7-2-1-3-8-15)12-25-16-10-9-13-5-4-6-14(13)11-16/h1-3,7-11H,4-6,12H2,(H3,20,21,22,23,24). The Hall–Kier alpha value is -3.15. The highest BCUT2D eigenvalue weighted by atomic mass is 16.5. The second kappa shape index (κ2) is 6.76. The number of fused-ring (bicyclic) bond motifs is 1. The van der Waals surface area contributed by atoms with Crippen molar-refractivity contribution in [2.45, 2.75) is 25.9 Å².